The van der Waals surface area contributed by atoms with Gasteiger partial charge in [-0.05, 0) is 66.0 Å². The number of unbranched alkanes of at least 4 members (excludes halogenated alkanes) is 9. The molecule has 1 aromatic carbocycles. The van der Waals surface area contributed by atoms with E-state index in [-0.39, 0.29) is 5.41 Å². The molecule has 0 spiro atoms. The van der Waals surface area contributed by atoms with Gasteiger partial charge in [0.25, 0.3) is 0 Å². The third kappa shape index (κ3) is 10.3. The summed E-state index contributed by atoms with van der Waals surface area (Å²) in [5.74, 6) is 2.00. The van der Waals surface area contributed by atoms with Crippen LogP contribution in [-0.2, 0) is 5.41 Å². The molecule has 0 aliphatic carbocycles. The topological polar surface area (TPSA) is 20.2 Å². The molecule has 2 heteroatoms. The maximum atomic E-state index is 10.5. The van der Waals surface area contributed by atoms with Crippen molar-refractivity contribution in [1.29, 1.82) is 0 Å². The zero-order chi connectivity index (χ0) is 21.7. The minimum Gasteiger partial charge on any atom is -0.508 e. The van der Waals surface area contributed by atoms with E-state index < -0.39 is 0 Å². The summed E-state index contributed by atoms with van der Waals surface area (Å²) < 4.78 is 0. The van der Waals surface area contributed by atoms with Crippen molar-refractivity contribution in [1.82, 2.24) is 0 Å². The Kier molecular flexibility index (Phi) is 13.1. The zero-order valence-corrected chi connectivity index (χ0v) is 20.9. The molecule has 1 N–H and O–H groups in total. The van der Waals surface area contributed by atoms with Gasteiger partial charge in [-0.2, -0.15) is 12.6 Å². The van der Waals surface area contributed by atoms with Gasteiger partial charge in [0.1, 0.15) is 5.75 Å². The number of aromatic hydroxyl groups is 1. The Labute approximate surface area is 187 Å². The second kappa shape index (κ2) is 14.4. The van der Waals surface area contributed by atoms with Crippen LogP contribution in [0.25, 0.3) is 0 Å². The monoisotopic (exact) mass is 420 g/mol. The molecule has 0 fully saturated rings. The molecule has 0 radical (unpaired) electrons. The highest BCUT2D eigenvalue weighted by Crippen LogP contribution is 2.38. The predicted octanol–water partition coefficient (Wildman–Crippen LogP) is 9.10. The van der Waals surface area contributed by atoms with Crippen molar-refractivity contribution in [2.45, 2.75) is 129 Å². The summed E-state index contributed by atoms with van der Waals surface area (Å²) in [6.07, 6.45) is 17.5. The zero-order valence-electron chi connectivity index (χ0n) is 20.0. The van der Waals surface area contributed by atoms with Gasteiger partial charge in [-0.15, -0.1) is 0 Å². The lowest BCUT2D eigenvalue weighted by molar-refractivity contribution is 0.443. The molecule has 0 saturated heterocycles. The summed E-state index contributed by atoms with van der Waals surface area (Å²) in [4.78, 5) is 0. The highest BCUT2D eigenvalue weighted by molar-refractivity contribution is 7.80. The van der Waals surface area contributed by atoms with Gasteiger partial charge in [-0.25, -0.2) is 0 Å². The van der Waals surface area contributed by atoms with Crippen LogP contribution in [0.4, 0.5) is 0 Å². The maximum absolute atomic E-state index is 10.5. The van der Waals surface area contributed by atoms with Gasteiger partial charge in [-0.3, -0.25) is 0 Å². The smallest absolute Gasteiger partial charge is 0.119 e. The first-order chi connectivity index (χ1) is 13.8. The largest absolute Gasteiger partial charge is 0.508 e. The van der Waals surface area contributed by atoms with Gasteiger partial charge < -0.3 is 5.11 Å². The van der Waals surface area contributed by atoms with E-state index in [1.54, 1.807) is 0 Å². The van der Waals surface area contributed by atoms with E-state index in [4.69, 9.17) is 0 Å². The second-order valence-corrected chi connectivity index (χ2v) is 10.5. The predicted molar refractivity (Wildman–Crippen MR) is 134 cm³/mol. The van der Waals surface area contributed by atoms with Crippen molar-refractivity contribution in [3.05, 3.63) is 28.8 Å². The number of phenols is 1. The molecule has 1 aromatic rings. The van der Waals surface area contributed by atoms with Crippen LogP contribution in [0.15, 0.2) is 12.1 Å². The molecule has 0 aliphatic heterocycles. The highest BCUT2D eigenvalue weighted by atomic mass is 32.1. The van der Waals surface area contributed by atoms with Crippen molar-refractivity contribution >= 4 is 12.6 Å². The Morgan fingerprint density at radius 1 is 0.828 bits per heavy atom. The Hall–Kier alpha value is -0.630. The summed E-state index contributed by atoms with van der Waals surface area (Å²) in [7, 11) is 0. The van der Waals surface area contributed by atoms with Crippen LogP contribution < -0.4 is 0 Å². The van der Waals surface area contributed by atoms with Crippen molar-refractivity contribution < 1.29 is 5.11 Å². The third-order valence-electron chi connectivity index (χ3n) is 6.25. The number of rotatable bonds is 15. The van der Waals surface area contributed by atoms with Gasteiger partial charge >= 0.3 is 0 Å². The minimum absolute atomic E-state index is 0.0300. The number of hydrogen-bond donors (Lipinski definition) is 2. The molecule has 0 aliphatic rings. The van der Waals surface area contributed by atoms with Crippen LogP contribution in [0.5, 0.6) is 5.75 Å². The summed E-state index contributed by atoms with van der Waals surface area (Å²) >= 11 is 4.45. The lowest BCUT2D eigenvalue weighted by atomic mass is 9.80. The molecule has 0 heterocycles. The van der Waals surface area contributed by atoms with Crippen LogP contribution in [0, 0.1) is 6.92 Å². The minimum atomic E-state index is -0.0300. The highest BCUT2D eigenvalue weighted by Gasteiger charge is 2.22. The molecule has 0 bridgehead atoms. The van der Waals surface area contributed by atoms with E-state index in [1.165, 1.54) is 88.2 Å². The van der Waals surface area contributed by atoms with E-state index >= 15 is 0 Å². The maximum Gasteiger partial charge on any atom is 0.119 e. The Morgan fingerprint density at radius 3 is 1.86 bits per heavy atom. The average Bonchev–Trinajstić information content (AvgIpc) is 2.65. The Balaban J connectivity index is 2.56. The quantitative estimate of drug-likeness (QED) is 0.214. The third-order valence-corrected chi connectivity index (χ3v) is 6.57. The SMILES string of the molecule is CCCCCCCCCCCCC(CCCS)c1cc(C(C)(C)C)c(O)cc1C. The van der Waals surface area contributed by atoms with Gasteiger partial charge in [0, 0.05) is 0 Å². The van der Waals surface area contributed by atoms with Crippen LogP contribution in [0.1, 0.15) is 134 Å². The van der Waals surface area contributed by atoms with E-state index in [2.05, 4.69) is 53.3 Å². The summed E-state index contributed by atoms with van der Waals surface area (Å²) in [5.41, 5.74) is 3.74. The van der Waals surface area contributed by atoms with Gasteiger partial charge in [0.05, 0.1) is 0 Å². The first-order valence-corrected chi connectivity index (χ1v) is 12.9. The van der Waals surface area contributed by atoms with E-state index in [9.17, 15) is 5.11 Å². The van der Waals surface area contributed by atoms with Crippen molar-refractivity contribution in [2.24, 2.45) is 0 Å². The molecular weight excluding hydrogens is 372 g/mol. The molecule has 1 atom stereocenters. The Morgan fingerprint density at radius 2 is 1.34 bits per heavy atom. The van der Waals surface area contributed by atoms with Crippen molar-refractivity contribution in [3.8, 4) is 5.75 Å². The van der Waals surface area contributed by atoms with Crippen LogP contribution in [0.3, 0.4) is 0 Å². The number of hydrogen-bond acceptors (Lipinski definition) is 2. The first kappa shape index (κ1) is 26.4. The molecule has 29 heavy (non-hydrogen) atoms. The van der Waals surface area contributed by atoms with E-state index in [0.717, 1.165) is 17.7 Å². The molecule has 1 nitrogen and oxygen atoms in total. The average molecular weight is 421 g/mol. The van der Waals surface area contributed by atoms with E-state index in [1.807, 2.05) is 6.07 Å². The summed E-state index contributed by atoms with van der Waals surface area (Å²) in [6, 6.07) is 4.28. The second-order valence-electron chi connectivity index (χ2n) is 10.0. The standard InChI is InChI=1S/C27H48OS/c1-6-7-8-9-10-11-12-13-14-15-17-23(18-16-19-29)24-21-25(27(3,4)5)26(28)20-22(24)2/h20-21,23,28-29H,6-19H2,1-5H3. The molecule has 1 unspecified atom stereocenters. The lowest BCUT2D eigenvalue weighted by Crippen LogP contribution is -2.13. The van der Waals surface area contributed by atoms with Crippen LogP contribution in [-0.4, -0.2) is 10.9 Å². The summed E-state index contributed by atoms with van der Waals surface area (Å²) in [5, 5.41) is 10.5. The number of aryl methyl sites for hydroxylation is 1. The van der Waals surface area contributed by atoms with Gasteiger partial charge in [0.15, 0.2) is 0 Å². The van der Waals surface area contributed by atoms with Gasteiger partial charge in [-0.1, -0.05) is 98.0 Å². The normalized spacial score (nSPS) is 13.0. The molecule has 168 valence electrons. The number of phenolic OH excluding ortho intramolecular Hbond substituents is 1. The van der Waals surface area contributed by atoms with Crippen molar-refractivity contribution in [2.75, 3.05) is 5.75 Å². The van der Waals surface area contributed by atoms with Crippen molar-refractivity contribution in [3.63, 3.8) is 0 Å². The molecular formula is C27H48OS. The first-order valence-electron chi connectivity index (χ1n) is 12.3. The van der Waals surface area contributed by atoms with Crippen LogP contribution >= 0.6 is 12.6 Å². The van der Waals surface area contributed by atoms with Gasteiger partial charge in [0.2, 0.25) is 0 Å². The fourth-order valence-electron chi connectivity index (χ4n) is 4.42. The Bertz CT molecular complexity index is 558. The fraction of sp³-hybridized carbons (Fsp3) is 0.778. The lowest BCUT2D eigenvalue weighted by Gasteiger charge is -2.26. The number of thiol groups is 1. The fourth-order valence-corrected chi connectivity index (χ4v) is 4.60. The van der Waals surface area contributed by atoms with E-state index in [0.29, 0.717) is 11.7 Å². The molecule has 0 amide bonds. The molecule has 0 aromatic heterocycles. The van der Waals surface area contributed by atoms with Crippen LogP contribution in [0.2, 0.25) is 0 Å². The number of benzene rings is 1. The summed E-state index contributed by atoms with van der Waals surface area (Å²) in [6.45, 7) is 11.0. The molecule has 1 rings (SSSR count). The molecule has 0 saturated carbocycles.